The number of rotatable bonds is 3. The van der Waals surface area contributed by atoms with Gasteiger partial charge >= 0.3 is 0 Å². The first-order valence-corrected chi connectivity index (χ1v) is 5.98. The van der Waals surface area contributed by atoms with Gasteiger partial charge in [-0.1, -0.05) is 17.7 Å². The Morgan fingerprint density at radius 3 is 2.89 bits per heavy atom. The SMILES string of the molecule is CNCC(=O)Nc1nn(C)c2c(C)ccc(Cl)c12. The van der Waals surface area contributed by atoms with Crippen LogP contribution in [-0.4, -0.2) is 29.3 Å². The number of amides is 1. The number of benzene rings is 1. The Morgan fingerprint density at radius 2 is 2.22 bits per heavy atom. The Morgan fingerprint density at radius 1 is 1.50 bits per heavy atom. The number of halogens is 1. The molecule has 0 aliphatic carbocycles. The first kappa shape index (κ1) is 12.9. The monoisotopic (exact) mass is 266 g/mol. The number of nitrogens with one attached hydrogen (secondary N) is 2. The van der Waals surface area contributed by atoms with Gasteiger partial charge in [-0.15, -0.1) is 0 Å². The highest BCUT2D eigenvalue weighted by molar-refractivity contribution is 6.36. The highest BCUT2D eigenvalue weighted by Crippen LogP contribution is 2.31. The molecule has 0 bridgehead atoms. The van der Waals surface area contributed by atoms with E-state index < -0.39 is 0 Å². The summed E-state index contributed by atoms with van der Waals surface area (Å²) < 4.78 is 1.73. The molecule has 5 nitrogen and oxygen atoms in total. The molecule has 0 aliphatic heterocycles. The molecule has 18 heavy (non-hydrogen) atoms. The second kappa shape index (κ2) is 4.96. The summed E-state index contributed by atoms with van der Waals surface area (Å²) in [5, 5.41) is 11.2. The van der Waals surface area contributed by atoms with Crippen LogP contribution >= 0.6 is 11.6 Å². The normalized spacial score (nSPS) is 10.9. The summed E-state index contributed by atoms with van der Waals surface area (Å²) in [5.41, 5.74) is 2.00. The maximum Gasteiger partial charge on any atom is 0.239 e. The number of aryl methyl sites for hydroxylation is 2. The summed E-state index contributed by atoms with van der Waals surface area (Å²) in [6.45, 7) is 2.22. The summed E-state index contributed by atoms with van der Waals surface area (Å²) in [6, 6.07) is 3.75. The van der Waals surface area contributed by atoms with E-state index in [1.165, 1.54) is 0 Å². The van der Waals surface area contributed by atoms with Gasteiger partial charge in [0.25, 0.3) is 0 Å². The van der Waals surface area contributed by atoms with Crippen molar-refractivity contribution < 1.29 is 4.79 Å². The number of hydrogen-bond acceptors (Lipinski definition) is 3. The molecule has 1 aromatic heterocycles. The predicted octanol–water partition coefficient (Wildman–Crippen LogP) is 1.69. The van der Waals surface area contributed by atoms with Crippen molar-refractivity contribution in [2.45, 2.75) is 6.92 Å². The van der Waals surface area contributed by atoms with Gasteiger partial charge < -0.3 is 10.6 Å². The molecule has 0 unspecified atom stereocenters. The van der Waals surface area contributed by atoms with Gasteiger partial charge in [-0.3, -0.25) is 9.48 Å². The fourth-order valence-corrected chi connectivity index (χ4v) is 2.23. The fraction of sp³-hybridized carbons (Fsp3) is 0.333. The van der Waals surface area contributed by atoms with Crippen molar-refractivity contribution in [3.05, 3.63) is 22.7 Å². The molecule has 2 aromatic rings. The lowest BCUT2D eigenvalue weighted by atomic mass is 10.1. The van der Waals surface area contributed by atoms with E-state index in [-0.39, 0.29) is 12.5 Å². The summed E-state index contributed by atoms with van der Waals surface area (Å²) >= 11 is 6.19. The van der Waals surface area contributed by atoms with Crippen LogP contribution in [0, 0.1) is 6.92 Å². The van der Waals surface area contributed by atoms with Crippen LogP contribution in [0.3, 0.4) is 0 Å². The molecule has 0 fully saturated rings. The largest absolute Gasteiger partial charge is 0.311 e. The Labute approximate surface area is 110 Å². The lowest BCUT2D eigenvalue weighted by molar-refractivity contribution is -0.115. The second-order valence-corrected chi connectivity index (χ2v) is 4.55. The molecular formula is C12H15ClN4O. The minimum atomic E-state index is -0.143. The number of carbonyl (C=O) groups excluding carboxylic acids is 1. The minimum absolute atomic E-state index is 0.143. The van der Waals surface area contributed by atoms with Crippen molar-refractivity contribution in [1.29, 1.82) is 0 Å². The molecule has 1 heterocycles. The topological polar surface area (TPSA) is 59.0 Å². The highest BCUT2D eigenvalue weighted by Gasteiger charge is 2.15. The standard InChI is InChI=1S/C12H15ClN4O/c1-7-4-5-8(13)10-11(7)17(3)16-12(10)15-9(18)6-14-2/h4-5,14H,6H2,1-3H3,(H,15,16,18). The smallest absolute Gasteiger partial charge is 0.239 e. The number of hydrogen-bond donors (Lipinski definition) is 2. The zero-order valence-electron chi connectivity index (χ0n) is 10.5. The van der Waals surface area contributed by atoms with Crippen molar-refractivity contribution in [3.8, 4) is 0 Å². The first-order valence-electron chi connectivity index (χ1n) is 5.61. The van der Waals surface area contributed by atoms with E-state index in [4.69, 9.17) is 11.6 Å². The lowest BCUT2D eigenvalue weighted by Crippen LogP contribution is -2.25. The van der Waals surface area contributed by atoms with Gasteiger partial charge in [0.05, 0.1) is 22.5 Å². The van der Waals surface area contributed by atoms with Gasteiger partial charge in [0.15, 0.2) is 5.82 Å². The number of fused-ring (bicyclic) bond motifs is 1. The molecule has 96 valence electrons. The summed E-state index contributed by atoms with van der Waals surface area (Å²) in [7, 11) is 3.55. The van der Waals surface area contributed by atoms with Gasteiger partial charge in [-0.2, -0.15) is 5.10 Å². The van der Waals surface area contributed by atoms with Crippen LogP contribution in [0.5, 0.6) is 0 Å². The predicted molar refractivity (Wildman–Crippen MR) is 73.0 cm³/mol. The molecule has 0 atom stereocenters. The van der Waals surface area contributed by atoms with Gasteiger partial charge in [0, 0.05) is 7.05 Å². The van der Waals surface area contributed by atoms with E-state index in [1.807, 2.05) is 26.1 Å². The molecule has 2 N–H and O–H groups in total. The molecule has 0 radical (unpaired) electrons. The van der Waals surface area contributed by atoms with E-state index >= 15 is 0 Å². The van der Waals surface area contributed by atoms with E-state index in [0.717, 1.165) is 16.5 Å². The Hall–Kier alpha value is -1.59. The zero-order valence-corrected chi connectivity index (χ0v) is 11.3. The number of likely N-dealkylation sites (N-methyl/N-ethyl adjacent to an activating group) is 1. The second-order valence-electron chi connectivity index (χ2n) is 4.14. The Balaban J connectivity index is 2.52. The van der Waals surface area contributed by atoms with Crippen LogP contribution in [0.1, 0.15) is 5.56 Å². The van der Waals surface area contributed by atoms with Crippen LogP contribution in [0.25, 0.3) is 10.9 Å². The van der Waals surface area contributed by atoms with Crippen molar-refractivity contribution in [3.63, 3.8) is 0 Å². The van der Waals surface area contributed by atoms with E-state index in [9.17, 15) is 4.79 Å². The number of carbonyl (C=O) groups is 1. The van der Waals surface area contributed by atoms with Crippen LogP contribution in [-0.2, 0) is 11.8 Å². The highest BCUT2D eigenvalue weighted by atomic mass is 35.5. The molecule has 1 aromatic carbocycles. The molecular weight excluding hydrogens is 252 g/mol. The molecule has 1 amide bonds. The molecule has 2 rings (SSSR count). The number of anilines is 1. The van der Waals surface area contributed by atoms with Crippen LogP contribution < -0.4 is 10.6 Å². The molecule has 0 saturated heterocycles. The van der Waals surface area contributed by atoms with Crippen molar-refractivity contribution in [1.82, 2.24) is 15.1 Å². The quantitative estimate of drug-likeness (QED) is 0.889. The molecule has 0 saturated carbocycles. The van der Waals surface area contributed by atoms with Crippen LogP contribution in [0.15, 0.2) is 12.1 Å². The van der Waals surface area contributed by atoms with E-state index in [0.29, 0.717) is 10.8 Å². The Bertz CT molecular complexity index is 606. The summed E-state index contributed by atoms with van der Waals surface area (Å²) in [6.07, 6.45) is 0. The summed E-state index contributed by atoms with van der Waals surface area (Å²) in [5.74, 6) is 0.358. The van der Waals surface area contributed by atoms with Crippen molar-refractivity contribution >= 4 is 34.2 Å². The average molecular weight is 267 g/mol. The molecule has 0 spiro atoms. The Kier molecular flexibility index (Phi) is 3.54. The van der Waals surface area contributed by atoms with Crippen molar-refractivity contribution in [2.24, 2.45) is 7.05 Å². The number of aromatic nitrogens is 2. The van der Waals surface area contributed by atoms with Gasteiger partial charge in [0.1, 0.15) is 0 Å². The van der Waals surface area contributed by atoms with E-state index in [2.05, 4.69) is 15.7 Å². The third-order valence-corrected chi connectivity index (χ3v) is 3.05. The van der Waals surface area contributed by atoms with Crippen LogP contribution in [0.2, 0.25) is 5.02 Å². The maximum absolute atomic E-state index is 11.6. The third-order valence-electron chi connectivity index (χ3n) is 2.73. The zero-order chi connectivity index (χ0) is 13.3. The minimum Gasteiger partial charge on any atom is -0.311 e. The number of nitrogens with zero attached hydrogens (tertiary/aromatic N) is 2. The van der Waals surface area contributed by atoms with E-state index in [1.54, 1.807) is 11.7 Å². The van der Waals surface area contributed by atoms with Gasteiger partial charge in [-0.05, 0) is 25.6 Å². The third kappa shape index (κ3) is 2.19. The summed E-state index contributed by atoms with van der Waals surface area (Å²) in [4.78, 5) is 11.6. The van der Waals surface area contributed by atoms with Gasteiger partial charge in [0.2, 0.25) is 5.91 Å². The first-order chi connectivity index (χ1) is 8.54. The molecule has 0 aliphatic rings. The van der Waals surface area contributed by atoms with Crippen molar-refractivity contribution in [2.75, 3.05) is 18.9 Å². The molecule has 6 heteroatoms. The van der Waals surface area contributed by atoms with Gasteiger partial charge in [-0.25, -0.2) is 0 Å². The average Bonchev–Trinajstić information content (AvgIpc) is 2.62. The maximum atomic E-state index is 11.6. The fourth-order valence-electron chi connectivity index (χ4n) is 1.99. The van der Waals surface area contributed by atoms with Crippen LogP contribution in [0.4, 0.5) is 5.82 Å². The lowest BCUT2D eigenvalue weighted by Gasteiger charge is -2.03.